The van der Waals surface area contributed by atoms with Gasteiger partial charge in [-0.2, -0.15) is 0 Å². The minimum atomic E-state index is 0.296. The highest BCUT2D eigenvalue weighted by Crippen LogP contribution is 2.18. The minimum Gasteiger partial charge on any atom is -0.391 e. The average Bonchev–Trinajstić information content (AvgIpc) is 2.15. The molecule has 0 saturated carbocycles. The van der Waals surface area contributed by atoms with Crippen molar-refractivity contribution in [1.29, 1.82) is 0 Å². The Labute approximate surface area is 83.4 Å². The normalized spacial score (nSPS) is 9.92. The molecule has 0 rings (SSSR count). The van der Waals surface area contributed by atoms with E-state index in [1.807, 2.05) is 13.8 Å². The molecule has 1 N–H and O–H groups in total. The molecule has 13 heavy (non-hydrogen) atoms. The molecule has 0 amide bonds. The second-order valence-corrected chi connectivity index (χ2v) is 3.49. The third kappa shape index (κ3) is 11.5. The Bertz CT molecular complexity index is 111. The van der Waals surface area contributed by atoms with Gasteiger partial charge < -0.3 is 10.1 Å². The summed E-state index contributed by atoms with van der Waals surface area (Å²) < 4.78 is 5.00. The van der Waals surface area contributed by atoms with E-state index in [0.29, 0.717) is 5.41 Å². The second kappa shape index (κ2) is 9.59. The van der Waals surface area contributed by atoms with Crippen LogP contribution in [0.5, 0.6) is 0 Å². The first-order chi connectivity index (χ1) is 6.12. The maximum absolute atomic E-state index is 5.00. The molecule has 0 radical (unpaired) electrons. The molecule has 0 spiro atoms. The molecule has 2 heteroatoms. The van der Waals surface area contributed by atoms with Crippen LogP contribution >= 0.6 is 0 Å². The Morgan fingerprint density at radius 1 is 1.38 bits per heavy atom. The van der Waals surface area contributed by atoms with Crippen LogP contribution in [0.1, 0.15) is 34.1 Å². The number of methoxy groups -OCH3 is 1. The third-order valence-corrected chi connectivity index (χ3v) is 1.71. The zero-order valence-electron chi connectivity index (χ0n) is 9.81. The molecule has 2 nitrogen and oxygen atoms in total. The second-order valence-electron chi connectivity index (χ2n) is 3.49. The molecule has 0 unspecified atom stereocenters. The summed E-state index contributed by atoms with van der Waals surface area (Å²) in [5.41, 5.74) is 0.296. The Morgan fingerprint density at radius 2 is 1.92 bits per heavy atom. The fourth-order valence-electron chi connectivity index (χ4n) is 0.815. The van der Waals surface area contributed by atoms with Crippen molar-refractivity contribution in [1.82, 2.24) is 5.32 Å². The molecule has 0 aromatic heterocycles. The van der Waals surface area contributed by atoms with Gasteiger partial charge in [-0.25, -0.2) is 0 Å². The van der Waals surface area contributed by atoms with Crippen LogP contribution < -0.4 is 5.32 Å². The lowest BCUT2D eigenvalue weighted by molar-refractivity contribution is 0.152. The molecular formula is C11H25NO. The van der Waals surface area contributed by atoms with Crippen LogP contribution in [0.25, 0.3) is 0 Å². The van der Waals surface area contributed by atoms with E-state index in [1.54, 1.807) is 13.3 Å². The summed E-state index contributed by atoms with van der Waals surface area (Å²) in [5, 5.41) is 3.11. The van der Waals surface area contributed by atoms with E-state index in [-0.39, 0.29) is 0 Å². The molecule has 0 aromatic rings. The lowest BCUT2D eigenvalue weighted by Gasteiger charge is -2.23. The lowest BCUT2D eigenvalue weighted by atomic mass is 9.90. The van der Waals surface area contributed by atoms with Gasteiger partial charge in [0.15, 0.2) is 0 Å². The first kappa shape index (κ1) is 15.0. The fraction of sp³-hybridized carbons (Fsp3) is 0.818. The summed E-state index contributed by atoms with van der Waals surface area (Å²) in [6.45, 7) is 13.8. The van der Waals surface area contributed by atoms with Crippen molar-refractivity contribution < 1.29 is 4.74 Å². The van der Waals surface area contributed by atoms with Gasteiger partial charge in [-0.05, 0) is 18.0 Å². The van der Waals surface area contributed by atoms with Crippen molar-refractivity contribution >= 4 is 0 Å². The maximum atomic E-state index is 5.00. The Morgan fingerprint density at radius 3 is 2.31 bits per heavy atom. The van der Waals surface area contributed by atoms with E-state index in [0.717, 1.165) is 19.6 Å². The number of hydrogen-bond acceptors (Lipinski definition) is 2. The zero-order valence-corrected chi connectivity index (χ0v) is 9.81. The molecule has 0 aliphatic carbocycles. The summed E-state index contributed by atoms with van der Waals surface area (Å²) in [7, 11) is 1.73. The van der Waals surface area contributed by atoms with E-state index >= 15 is 0 Å². The van der Waals surface area contributed by atoms with Crippen LogP contribution in [-0.4, -0.2) is 20.3 Å². The molecule has 0 aliphatic rings. The van der Waals surface area contributed by atoms with Gasteiger partial charge >= 0.3 is 0 Å². The van der Waals surface area contributed by atoms with Crippen molar-refractivity contribution in [2.45, 2.75) is 34.1 Å². The van der Waals surface area contributed by atoms with E-state index in [1.165, 1.54) is 0 Å². The molecular weight excluding hydrogens is 162 g/mol. The molecule has 0 aromatic carbocycles. The van der Waals surface area contributed by atoms with Gasteiger partial charge in [0, 0.05) is 20.3 Å². The van der Waals surface area contributed by atoms with Crippen LogP contribution in [0.2, 0.25) is 0 Å². The summed E-state index contributed by atoms with van der Waals surface area (Å²) in [6, 6.07) is 0. The van der Waals surface area contributed by atoms with E-state index < -0.39 is 0 Å². The molecule has 80 valence electrons. The third-order valence-electron chi connectivity index (χ3n) is 1.71. The number of rotatable bonds is 6. The van der Waals surface area contributed by atoms with Crippen LogP contribution in [0.4, 0.5) is 0 Å². The van der Waals surface area contributed by atoms with Gasteiger partial charge in [-0.15, -0.1) is 0 Å². The Kier molecular flexibility index (Phi) is 11.1. The summed E-state index contributed by atoms with van der Waals surface area (Å²) in [6.07, 6.45) is 2.80. The maximum Gasteiger partial charge on any atom is 0.0468 e. The Balaban J connectivity index is 0. The lowest BCUT2D eigenvalue weighted by Crippen LogP contribution is -2.27. The van der Waals surface area contributed by atoms with Gasteiger partial charge in [0.2, 0.25) is 0 Å². The van der Waals surface area contributed by atoms with Gasteiger partial charge in [-0.1, -0.05) is 34.3 Å². The van der Waals surface area contributed by atoms with Crippen LogP contribution in [0.15, 0.2) is 12.8 Å². The summed E-state index contributed by atoms with van der Waals surface area (Å²) >= 11 is 0. The van der Waals surface area contributed by atoms with Crippen molar-refractivity contribution in [3.63, 3.8) is 0 Å². The smallest absolute Gasteiger partial charge is 0.0468 e. The Hall–Kier alpha value is -0.500. The van der Waals surface area contributed by atoms with Gasteiger partial charge in [0.05, 0.1) is 0 Å². The first-order valence-corrected chi connectivity index (χ1v) is 4.95. The topological polar surface area (TPSA) is 21.3 Å². The van der Waals surface area contributed by atoms with Gasteiger partial charge in [0.25, 0.3) is 0 Å². The monoisotopic (exact) mass is 187 g/mol. The van der Waals surface area contributed by atoms with E-state index in [4.69, 9.17) is 4.74 Å². The summed E-state index contributed by atoms with van der Waals surface area (Å²) in [4.78, 5) is 0. The van der Waals surface area contributed by atoms with E-state index in [9.17, 15) is 0 Å². The first-order valence-electron chi connectivity index (χ1n) is 4.95. The van der Waals surface area contributed by atoms with Gasteiger partial charge in [-0.3, -0.25) is 0 Å². The molecule has 0 bridgehead atoms. The molecule has 0 saturated heterocycles. The summed E-state index contributed by atoms with van der Waals surface area (Å²) in [5.74, 6) is 0. The number of ether oxygens (including phenoxy) is 1. The molecule has 0 fully saturated rings. The standard InChI is InChI=1S/C9H19NO.C2H6/c1-5-10-8-9(2,3)6-7-11-4;1-2/h5,10H,1,6-8H2,2-4H3;1-2H3. The highest BCUT2D eigenvalue weighted by atomic mass is 16.5. The number of nitrogens with one attached hydrogen (secondary N) is 1. The predicted molar refractivity (Wildman–Crippen MR) is 59.8 cm³/mol. The minimum absolute atomic E-state index is 0.296. The fourth-order valence-corrected chi connectivity index (χ4v) is 0.815. The quantitative estimate of drug-likeness (QED) is 0.690. The molecule has 0 heterocycles. The number of hydrogen-bond donors (Lipinski definition) is 1. The van der Waals surface area contributed by atoms with E-state index in [2.05, 4.69) is 25.7 Å². The van der Waals surface area contributed by atoms with Crippen molar-refractivity contribution in [3.05, 3.63) is 12.8 Å². The van der Waals surface area contributed by atoms with Crippen LogP contribution in [0, 0.1) is 5.41 Å². The van der Waals surface area contributed by atoms with Gasteiger partial charge in [0.1, 0.15) is 0 Å². The van der Waals surface area contributed by atoms with Crippen molar-refractivity contribution in [3.8, 4) is 0 Å². The predicted octanol–water partition coefficient (Wildman–Crippen LogP) is 2.81. The molecule has 0 aliphatic heterocycles. The van der Waals surface area contributed by atoms with Crippen molar-refractivity contribution in [2.24, 2.45) is 5.41 Å². The van der Waals surface area contributed by atoms with Crippen LogP contribution in [0.3, 0.4) is 0 Å². The highest BCUT2D eigenvalue weighted by Gasteiger charge is 2.15. The molecule has 0 atom stereocenters. The van der Waals surface area contributed by atoms with Crippen molar-refractivity contribution in [2.75, 3.05) is 20.3 Å². The SMILES string of the molecule is C=CNCC(C)(C)CCOC.CC. The zero-order chi connectivity index (χ0) is 10.7. The van der Waals surface area contributed by atoms with Crippen LogP contribution in [-0.2, 0) is 4.74 Å². The highest BCUT2D eigenvalue weighted by molar-refractivity contribution is 4.75. The largest absolute Gasteiger partial charge is 0.391 e. The average molecular weight is 187 g/mol.